The minimum absolute atomic E-state index is 0.737. The summed E-state index contributed by atoms with van der Waals surface area (Å²) in [4.78, 5) is 4.24. The number of pyridine rings is 1. The molecule has 2 heteroatoms. The van der Waals surface area contributed by atoms with Crippen molar-refractivity contribution in [2.45, 2.75) is 33.6 Å². The SMILES string of the molecule is CCC[C@H](C)CNc1ccc(C)nc1. The Morgan fingerprint density at radius 1 is 1.43 bits per heavy atom. The highest BCUT2D eigenvalue weighted by atomic mass is 14.9. The molecule has 0 amide bonds. The second-order valence-electron chi connectivity index (χ2n) is 3.96. The number of hydrogen-bond acceptors (Lipinski definition) is 2. The molecule has 1 N–H and O–H groups in total. The van der Waals surface area contributed by atoms with Crippen LogP contribution in [0.1, 0.15) is 32.4 Å². The van der Waals surface area contributed by atoms with E-state index in [1.165, 1.54) is 12.8 Å². The second kappa shape index (κ2) is 5.63. The van der Waals surface area contributed by atoms with Crippen LogP contribution in [0, 0.1) is 12.8 Å². The minimum atomic E-state index is 0.737. The predicted molar refractivity (Wildman–Crippen MR) is 61.5 cm³/mol. The monoisotopic (exact) mass is 192 g/mol. The molecule has 2 nitrogen and oxygen atoms in total. The molecule has 0 radical (unpaired) electrons. The molecular formula is C12H20N2. The van der Waals surface area contributed by atoms with Crippen LogP contribution in [0.5, 0.6) is 0 Å². The van der Waals surface area contributed by atoms with Gasteiger partial charge in [-0.05, 0) is 31.4 Å². The van der Waals surface area contributed by atoms with E-state index in [1.54, 1.807) is 0 Å². The lowest BCUT2D eigenvalue weighted by molar-refractivity contribution is 0.550. The highest BCUT2D eigenvalue weighted by Crippen LogP contribution is 2.09. The van der Waals surface area contributed by atoms with E-state index < -0.39 is 0 Å². The molecule has 0 aliphatic carbocycles. The van der Waals surface area contributed by atoms with E-state index in [1.807, 2.05) is 19.2 Å². The normalized spacial score (nSPS) is 12.5. The third-order valence-electron chi connectivity index (χ3n) is 2.35. The van der Waals surface area contributed by atoms with Gasteiger partial charge in [-0.15, -0.1) is 0 Å². The van der Waals surface area contributed by atoms with Gasteiger partial charge < -0.3 is 5.32 Å². The Morgan fingerprint density at radius 3 is 2.79 bits per heavy atom. The summed E-state index contributed by atoms with van der Waals surface area (Å²) in [7, 11) is 0. The molecule has 0 unspecified atom stereocenters. The van der Waals surface area contributed by atoms with Gasteiger partial charge in [-0.25, -0.2) is 0 Å². The number of rotatable bonds is 5. The molecule has 0 bridgehead atoms. The number of nitrogens with one attached hydrogen (secondary N) is 1. The van der Waals surface area contributed by atoms with Crippen molar-refractivity contribution in [3.05, 3.63) is 24.0 Å². The summed E-state index contributed by atoms with van der Waals surface area (Å²) in [6.45, 7) is 7.55. The maximum atomic E-state index is 4.24. The Balaban J connectivity index is 2.34. The largest absolute Gasteiger partial charge is 0.384 e. The van der Waals surface area contributed by atoms with E-state index >= 15 is 0 Å². The fraction of sp³-hybridized carbons (Fsp3) is 0.583. The number of hydrogen-bond donors (Lipinski definition) is 1. The van der Waals surface area contributed by atoms with E-state index in [9.17, 15) is 0 Å². The summed E-state index contributed by atoms with van der Waals surface area (Å²) < 4.78 is 0. The Hall–Kier alpha value is -1.05. The molecule has 1 aromatic rings. The lowest BCUT2D eigenvalue weighted by atomic mass is 10.1. The van der Waals surface area contributed by atoms with Gasteiger partial charge in [0.15, 0.2) is 0 Å². The Morgan fingerprint density at radius 2 is 2.21 bits per heavy atom. The Labute approximate surface area is 86.8 Å². The van der Waals surface area contributed by atoms with E-state index in [-0.39, 0.29) is 0 Å². The van der Waals surface area contributed by atoms with E-state index in [0.29, 0.717) is 0 Å². The zero-order valence-corrected chi connectivity index (χ0v) is 9.38. The summed E-state index contributed by atoms with van der Waals surface area (Å²) in [6, 6.07) is 4.12. The van der Waals surface area contributed by atoms with Crippen LogP contribution in [0.3, 0.4) is 0 Å². The average molecular weight is 192 g/mol. The first-order chi connectivity index (χ1) is 6.72. The molecule has 0 aromatic carbocycles. The van der Waals surface area contributed by atoms with Crippen LogP contribution in [-0.2, 0) is 0 Å². The highest BCUT2D eigenvalue weighted by Gasteiger charge is 1.99. The fourth-order valence-corrected chi connectivity index (χ4v) is 1.46. The van der Waals surface area contributed by atoms with Crippen LogP contribution >= 0.6 is 0 Å². The van der Waals surface area contributed by atoms with Crippen LogP contribution < -0.4 is 5.32 Å². The summed E-state index contributed by atoms with van der Waals surface area (Å²) >= 11 is 0. The van der Waals surface area contributed by atoms with Gasteiger partial charge in [-0.2, -0.15) is 0 Å². The predicted octanol–water partition coefficient (Wildman–Crippen LogP) is 3.24. The van der Waals surface area contributed by atoms with Gasteiger partial charge in [0.05, 0.1) is 11.9 Å². The molecule has 1 aromatic heterocycles. The van der Waals surface area contributed by atoms with Gasteiger partial charge in [0, 0.05) is 12.2 Å². The Kier molecular flexibility index (Phi) is 4.44. The molecule has 78 valence electrons. The number of aromatic nitrogens is 1. The molecule has 0 spiro atoms. The topological polar surface area (TPSA) is 24.9 Å². The van der Waals surface area contributed by atoms with Crippen molar-refractivity contribution in [3.8, 4) is 0 Å². The van der Waals surface area contributed by atoms with Gasteiger partial charge >= 0.3 is 0 Å². The summed E-state index contributed by atoms with van der Waals surface area (Å²) in [6.07, 6.45) is 4.44. The average Bonchev–Trinajstić information content (AvgIpc) is 2.17. The number of anilines is 1. The zero-order valence-electron chi connectivity index (χ0n) is 9.38. The quantitative estimate of drug-likeness (QED) is 0.774. The van der Waals surface area contributed by atoms with E-state index in [4.69, 9.17) is 0 Å². The van der Waals surface area contributed by atoms with Gasteiger partial charge in [0.25, 0.3) is 0 Å². The molecule has 0 fully saturated rings. The van der Waals surface area contributed by atoms with Crippen molar-refractivity contribution < 1.29 is 0 Å². The third-order valence-corrected chi connectivity index (χ3v) is 2.35. The maximum absolute atomic E-state index is 4.24. The van der Waals surface area contributed by atoms with Crippen LogP contribution in [0.4, 0.5) is 5.69 Å². The van der Waals surface area contributed by atoms with Crippen LogP contribution in [-0.4, -0.2) is 11.5 Å². The van der Waals surface area contributed by atoms with Crippen molar-refractivity contribution in [3.63, 3.8) is 0 Å². The third kappa shape index (κ3) is 3.77. The molecule has 0 saturated carbocycles. The van der Waals surface area contributed by atoms with Crippen molar-refractivity contribution in [2.24, 2.45) is 5.92 Å². The first-order valence-corrected chi connectivity index (χ1v) is 5.39. The van der Waals surface area contributed by atoms with Gasteiger partial charge in [-0.1, -0.05) is 20.3 Å². The first-order valence-electron chi connectivity index (χ1n) is 5.39. The molecule has 0 aliphatic heterocycles. The molecule has 0 aliphatic rings. The molecule has 1 rings (SSSR count). The molecule has 1 heterocycles. The summed E-state index contributed by atoms with van der Waals surface area (Å²) in [5.74, 6) is 0.737. The fourth-order valence-electron chi connectivity index (χ4n) is 1.46. The molecular weight excluding hydrogens is 172 g/mol. The summed E-state index contributed by atoms with van der Waals surface area (Å²) in [5.41, 5.74) is 2.19. The van der Waals surface area contributed by atoms with E-state index in [2.05, 4.69) is 30.2 Å². The van der Waals surface area contributed by atoms with E-state index in [0.717, 1.165) is 23.8 Å². The lowest BCUT2D eigenvalue weighted by Crippen LogP contribution is -2.11. The second-order valence-corrected chi connectivity index (χ2v) is 3.96. The van der Waals surface area contributed by atoms with Crippen LogP contribution in [0.2, 0.25) is 0 Å². The van der Waals surface area contributed by atoms with Gasteiger partial charge in [0.1, 0.15) is 0 Å². The Bertz CT molecular complexity index is 254. The standard InChI is InChI=1S/C12H20N2/c1-4-5-10(2)8-14-12-7-6-11(3)13-9-12/h6-7,9-10,14H,4-5,8H2,1-3H3/t10-/m0/s1. The molecule has 0 saturated heterocycles. The van der Waals surface area contributed by atoms with Crippen molar-refractivity contribution in [2.75, 3.05) is 11.9 Å². The number of aryl methyl sites for hydroxylation is 1. The first kappa shape index (κ1) is 11.0. The van der Waals surface area contributed by atoms with Gasteiger partial charge in [-0.3, -0.25) is 4.98 Å². The molecule has 14 heavy (non-hydrogen) atoms. The number of nitrogens with zero attached hydrogens (tertiary/aromatic N) is 1. The van der Waals surface area contributed by atoms with Crippen molar-refractivity contribution in [1.82, 2.24) is 4.98 Å². The summed E-state index contributed by atoms with van der Waals surface area (Å²) in [5, 5.41) is 3.39. The molecule has 1 atom stereocenters. The minimum Gasteiger partial charge on any atom is -0.384 e. The van der Waals surface area contributed by atoms with Crippen molar-refractivity contribution in [1.29, 1.82) is 0 Å². The lowest BCUT2D eigenvalue weighted by Gasteiger charge is -2.12. The maximum Gasteiger partial charge on any atom is 0.0527 e. The van der Waals surface area contributed by atoms with Crippen LogP contribution in [0.25, 0.3) is 0 Å². The zero-order chi connectivity index (χ0) is 10.4. The van der Waals surface area contributed by atoms with Crippen LogP contribution in [0.15, 0.2) is 18.3 Å². The highest BCUT2D eigenvalue weighted by molar-refractivity contribution is 5.40. The smallest absolute Gasteiger partial charge is 0.0527 e. The van der Waals surface area contributed by atoms with Crippen molar-refractivity contribution >= 4 is 5.69 Å². The van der Waals surface area contributed by atoms with Gasteiger partial charge in [0.2, 0.25) is 0 Å².